The van der Waals surface area contributed by atoms with Crippen LogP contribution >= 0.6 is 0 Å². The number of ether oxygens (including phenoxy) is 3. The highest BCUT2D eigenvalue weighted by Gasteiger charge is 2.47. The summed E-state index contributed by atoms with van der Waals surface area (Å²) in [7, 11) is 1.61. The second kappa shape index (κ2) is 5.14. The lowest BCUT2D eigenvalue weighted by molar-refractivity contribution is -0.147. The van der Waals surface area contributed by atoms with E-state index in [1.807, 2.05) is 42.5 Å². The Kier molecular flexibility index (Phi) is 3.00. The maximum absolute atomic E-state index is 10.5. The molecule has 1 aliphatic carbocycles. The number of hydrogen-bond donors (Lipinski definition) is 1. The van der Waals surface area contributed by atoms with Gasteiger partial charge in [-0.05, 0) is 30.0 Å². The zero-order chi connectivity index (χ0) is 17.0. The van der Waals surface area contributed by atoms with E-state index in [4.69, 9.17) is 14.2 Å². The monoisotopic (exact) mass is 334 g/mol. The molecule has 25 heavy (non-hydrogen) atoms. The lowest BCUT2D eigenvalue weighted by Gasteiger charge is -2.43. The smallest absolute Gasteiger partial charge is 0.278 e. The van der Waals surface area contributed by atoms with E-state index in [0.29, 0.717) is 18.6 Å². The molecular weight excluding hydrogens is 316 g/mol. The third kappa shape index (κ3) is 1.98. The Hall–Kier alpha value is -2.72. The summed E-state index contributed by atoms with van der Waals surface area (Å²) in [5.41, 5.74) is 1.58. The average molecular weight is 334 g/mol. The van der Waals surface area contributed by atoms with Crippen molar-refractivity contribution in [3.05, 3.63) is 65.7 Å². The molecule has 4 heteroatoms. The molecule has 1 aliphatic heterocycles. The van der Waals surface area contributed by atoms with Gasteiger partial charge in [0, 0.05) is 17.5 Å². The molecule has 1 atom stereocenters. The molecular formula is C21H18O4. The van der Waals surface area contributed by atoms with E-state index in [1.54, 1.807) is 7.11 Å². The van der Waals surface area contributed by atoms with Crippen LogP contribution in [-0.4, -0.2) is 12.2 Å². The summed E-state index contributed by atoms with van der Waals surface area (Å²) in [6.07, 6.45) is 0.529. The molecule has 0 radical (unpaired) electrons. The van der Waals surface area contributed by atoms with Gasteiger partial charge in [-0.1, -0.05) is 36.4 Å². The van der Waals surface area contributed by atoms with E-state index in [2.05, 4.69) is 12.1 Å². The van der Waals surface area contributed by atoms with Crippen molar-refractivity contribution in [2.45, 2.75) is 24.7 Å². The van der Waals surface area contributed by atoms with Crippen LogP contribution in [0.1, 0.15) is 30.1 Å². The molecule has 3 aromatic carbocycles. The van der Waals surface area contributed by atoms with Crippen molar-refractivity contribution in [1.29, 1.82) is 0 Å². The minimum atomic E-state index is -0.939. The van der Waals surface area contributed by atoms with Crippen LogP contribution in [0, 0.1) is 0 Å². The first-order chi connectivity index (χ1) is 12.2. The molecule has 0 saturated heterocycles. The number of hydrogen-bond acceptors (Lipinski definition) is 4. The van der Waals surface area contributed by atoms with Crippen LogP contribution in [0.15, 0.2) is 54.6 Å². The number of rotatable bonds is 1. The van der Waals surface area contributed by atoms with Gasteiger partial charge in [0.05, 0.1) is 18.6 Å². The number of aliphatic hydroxyl groups is 1. The highest BCUT2D eigenvalue weighted by atomic mass is 16.7. The Balaban J connectivity index is 1.74. The molecule has 1 spiro atoms. The van der Waals surface area contributed by atoms with Crippen molar-refractivity contribution in [3.8, 4) is 17.2 Å². The Labute approximate surface area is 145 Å². The molecule has 0 fully saturated rings. The van der Waals surface area contributed by atoms with E-state index in [-0.39, 0.29) is 0 Å². The minimum Gasteiger partial charge on any atom is -0.496 e. The average Bonchev–Trinajstić information content (AvgIpc) is 2.65. The quantitative estimate of drug-likeness (QED) is 0.721. The predicted octanol–water partition coefficient (Wildman–Crippen LogP) is 4.30. The summed E-state index contributed by atoms with van der Waals surface area (Å²) in [4.78, 5) is 0. The van der Waals surface area contributed by atoms with Crippen molar-refractivity contribution < 1.29 is 19.3 Å². The molecule has 0 saturated carbocycles. The van der Waals surface area contributed by atoms with Crippen LogP contribution in [0.5, 0.6) is 17.2 Å². The fraction of sp³-hybridized carbons (Fsp3) is 0.238. The van der Waals surface area contributed by atoms with Crippen LogP contribution < -0.4 is 14.2 Å². The third-order valence-electron chi connectivity index (χ3n) is 5.15. The number of fused-ring (bicyclic) bond motifs is 2. The Morgan fingerprint density at radius 2 is 1.68 bits per heavy atom. The van der Waals surface area contributed by atoms with E-state index < -0.39 is 11.9 Å². The summed E-state index contributed by atoms with van der Waals surface area (Å²) in [6.45, 7) is 0. The van der Waals surface area contributed by atoms with Gasteiger partial charge in [0.2, 0.25) is 0 Å². The Morgan fingerprint density at radius 1 is 1.00 bits per heavy atom. The number of methoxy groups -OCH3 is 1. The van der Waals surface area contributed by atoms with Gasteiger partial charge in [-0.3, -0.25) is 0 Å². The van der Waals surface area contributed by atoms with E-state index >= 15 is 0 Å². The van der Waals surface area contributed by atoms with Gasteiger partial charge >= 0.3 is 0 Å². The second-order valence-electron chi connectivity index (χ2n) is 6.54. The standard InChI is InChI=1S/C21H18O4/c1-23-16-8-4-7-14-20(16)15(22)11-12-21(14)24-17-9-2-5-13-6-3-10-18(25-21)19(13)17/h2-10,15,22H,11-12H2,1H3/t15-/m0/s1. The number of benzene rings is 3. The highest BCUT2D eigenvalue weighted by Crippen LogP contribution is 2.52. The fourth-order valence-electron chi connectivity index (χ4n) is 4.04. The maximum atomic E-state index is 10.5. The second-order valence-corrected chi connectivity index (χ2v) is 6.54. The highest BCUT2D eigenvalue weighted by molar-refractivity contribution is 5.94. The largest absolute Gasteiger partial charge is 0.496 e. The normalized spacial score (nSPS) is 19.8. The van der Waals surface area contributed by atoms with Crippen LogP contribution in [0.3, 0.4) is 0 Å². The van der Waals surface area contributed by atoms with Crippen molar-refractivity contribution in [1.82, 2.24) is 0 Å². The molecule has 3 aromatic rings. The Bertz CT molecular complexity index is 938. The lowest BCUT2D eigenvalue weighted by Crippen LogP contribution is -2.45. The van der Waals surface area contributed by atoms with Gasteiger partial charge in [-0.2, -0.15) is 0 Å². The summed E-state index contributed by atoms with van der Waals surface area (Å²) >= 11 is 0. The lowest BCUT2D eigenvalue weighted by atomic mass is 9.83. The van der Waals surface area contributed by atoms with Gasteiger partial charge in [-0.15, -0.1) is 0 Å². The summed E-state index contributed by atoms with van der Waals surface area (Å²) in [6, 6.07) is 17.7. The van der Waals surface area contributed by atoms with Crippen molar-refractivity contribution >= 4 is 10.8 Å². The third-order valence-corrected chi connectivity index (χ3v) is 5.15. The first-order valence-electron chi connectivity index (χ1n) is 8.47. The predicted molar refractivity (Wildman–Crippen MR) is 94.1 cm³/mol. The first-order valence-corrected chi connectivity index (χ1v) is 8.47. The molecule has 0 unspecified atom stereocenters. The van der Waals surface area contributed by atoms with Gasteiger partial charge in [0.1, 0.15) is 17.2 Å². The van der Waals surface area contributed by atoms with Crippen LogP contribution in [-0.2, 0) is 5.79 Å². The zero-order valence-electron chi connectivity index (χ0n) is 13.9. The zero-order valence-corrected chi connectivity index (χ0v) is 13.9. The SMILES string of the molecule is COc1cccc2c1[C@@H](O)CCC21Oc2cccc3cccc(c23)O1. The molecule has 2 aliphatic rings. The van der Waals surface area contributed by atoms with Crippen LogP contribution in [0.25, 0.3) is 10.8 Å². The summed E-state index contributed by atoms with van der Waals surface area (Å²) < 4.78 is 18.3. The van der Waals surface area contributed by atoms with E-state index in [0.717, 1.165) is 33.4 Å². The van der Waals surface area contributed by atoms with Crippen LogP contribution in [0.2, 0.25) is 0 Å². The molecule has 4 nitrogen and oxygen atoms in total. The van der Waals surface area contributed by atoms with E-state index in [9.17, 15) is 5.11 Å². The van der Waals surface area contributed by atoms with Gasteiger partial charge < -0.3 is 19.3 Å². The van der Waals surface area contributed by atoms with Crippen molar-refractivity contribution in [2.75, 3.05) is 7.11 Å². The molecule has 5 rings (SSSR count). The van der Waals surface area contributed by atoms with Crippen LogP contribution in [0.4, 0.5) is 0 Å². The van der Waals surface area contributed by atoms with Crippen molar-refractivity contribution in [2.24, 2.45) is 0 Å². The van der Waals surface area contributed by atoms with E-state index in [1.165, 1.54) is 0 Å². The minimum absolute atomic E-state index is 0.547. The Morgan fingerprint density at radius 3 is 2.36 bits per heavy atom. The topological polar surface area (TPSA) is 47.9 Å². The molecule has 126 valence electrons. The molecule has 0 aromatic heterocycles. The summed E-state index contributed by atoms with van der Waals surface area (Å²) in [5, 5.41) is 12.6. The number of aliphatic hydroxyl groups excluding tert-OH is 1. The van der Waals surface area contributed by atoms with Gasteiger partial charge in [-0.25, -0.2) is 0 Å². The van der Waals surface area contributed by atoms with Gasteiger partial charge in [0.15, 0.2) is 0 Å². The molecule has 1 N–H and O–H groups in total. The fourth-order valence-corrected chi connectivity index (χ4v) is 4.04. The summed E-state index contributed by atoms with van der Waals surface area (Å²) in [5.74, 6) is 1.34. The first kappa shape index (κ1) is 14.6. The van der Waals surface area contributed by atoms with Gasteiger partial charge in [0.25, 0.3) is 5.79 Å². The molecule has 0 amide bonds. The molecule has 0 bridgehead atoms. The molecule has 1 heterocycles. The van der Waals surface area contributed by atoms with Crippen molar-refractivity contribution in [3.63, 3.8) is 0 Å². The maximum Gasteiger partial charge on any atom is 0.278 e.